The lowest BCUT2D eigenvalue weighted by atomic mass is 10.2. The zero-order valence-corrected chi connectivity index (χ0v) is 16.2. The van der Waals surface area contributed by atoms with E-state index < -0.39 is 20.9 Å². The minimum absolute atomic E-state index is 0.00122. The molecule has 11 heteroatoms. The van der Waals surface area contributed by atoms with Crippen LogP contribution in [0.1, 0.15) is 23.2 Å². The Morgan fingerprint density at radius 3 is 2.54 bits per heavy atom. The minimum Gasteiger partial charge on any atom is -0.495 e. The van der Waals surface area contributed by atoms with Gasteiger partial charge in [-0.05, 0) is 37.1 Å². The summed E-state index contributed by atoms with van der Waals surface area (Å²) in [5, 5.41) is 13.2. The zero-order valence-electron chi connectivity index (χ0n) is 14.6. The Balaban J connectivity index is 1.89. The highest BCUT2D eigenvalue weighted by molar-refractivity contribution is 7.89. The maximum atomic E-state index is 12.5. The number of rotatable bonds is 7. The molecule has 2 aromatic carbocycles. The van der Waals surface area contributed by atoms with Gasteiger partial charge in [0.15, 0.2) is 0 Å². The topological polar surface area (TPSA) is 128 Å². The first-order valence-electron chi connectivity index (χ1n) is 8.17. The molecule has 148 valence electrons. The van der Waals surface area contributed by atoms with E-state index in [1.807, 2.05) is 0 Å². The minimum atomic E-state index is -3.73. The molecule has 0 bridgehead atoms. The van der Waals surface area contributed by atoms with E-state index in [-0.39, 0.29) is 38.6 Å². The average Bonchev–Trinajstić information content (AvgIpc) is 3.44. The van der Waals surface area contributed by atoms with Crippen LogP contribution in [0, 0.1) is 10.1 Å². The molecule has 3 rings (SSSR count). The summed E-state index contributed by atoms with van der Waals surface area (Å²) in [6.45, 7) is 0. The van der Waals surface area contributed by atoms with Crippen LogP contribution in [-0.4, -0.2) is 32.4 Å². The molecule has 0 aromatic heterocycles. The fourth-order valence-corrected chi connectivity index (χ4v) is 4.02. The number of nitrogens with zero attached hydrogens (tertiary/aromatic N) is 1. The summed E-state index contributed by atoms with van der Waals surface area (Å²) in [4.78, 5) is 22.7. The molecule has 1 aliphatic rings. The maximum absolute atomic E-state index is 12.5. The summed E-state index contributed by atoms with van der Waals surface area (Å²) in [6, 6.07) is 7.45. The van der Waals surface area contributed by atoms with Gasteiger partial charge in [-0.2, -0.15) is 0 Å². The van der Waals surface area contributed by atoms with E-state index in [9.17, 15) is 23.3 Å². The Hall–Kier alpha value is -2.69. The molecule has 0 heterocycles. The molecule has 0 atom stereocenters. The van der Waals surface area contributed by atoms with E-state index in [2.05, 4.69) is 10.0 Å². The highest BCUT2D eigenvalue weighted by Crippen LogP contribution is 2.30. The molecule has 0 saturated heterocycles. The molecule has 0 spiro atoms. The summed E-state index contributed by atoms with van der Waals surface area (Å²) in [7, 11) is -2.35. The third-order valence-corrected chi connectivity index (χ3v) is 5.87. The van der Waals surface area contributed by atoms with Crippen LogP contribution in [0.5, 0.6) is 5.75 Å². The van der Waals surface area contributed by atoms with Gasteiger partial charge in [0.05, 0.1) is 33.2 Å². The summed E-state index contributed by atoms with van der Waals surface area (Å²) >= 11 is 5.97. The number of hydrogen-bond donors (Lipinski definition) is 2. The van der Waals surface area contributed by atoms with Crippen molar-refractivity contribution in [3.8, 4) is 5.75 Å². The number of anilines is 1. The van der Waals surface area contributed by atoms with Crippen molar-refractivity contribution in [2.75, 3.05) is 12.4 Å². The van der Waals surface area contributed by atoms with Gasteiger partial charge >= 0.3 is 0 Å². The van der Waals surface area contributed by atoms with Gasteiger partial charge in [-0.25, -0.2) is 13.1 Å². The van der Waals surface area contributed by atoms with Gasteiger partial charge in [0.2, 0.25) is 10.0 Å². The predicted molar refractivity (Wildman–Crippen MR) is 102 cm³/mol. The lowest BCUT2D eigenvalue weighted by Gasteiger charge is -2.13. The SMILES string of the molecule is COc1ccc(S(=O)(=O)NC2CC2)cc1NC(=O)c1ccc([N+](=O)[O-])cc1Cl. The van der Waals surface area contributed by atoms with Crippen LogP contribution in [0.2, 0.25) is 5.02 Å². The number of nitro groups is 1. The van der Waals surface area contributed by atoms with Crippen molar-refractivity contribution in [1.29, 1.82) is 0 Å². The Morgan fingerprint density at radius 2 is 1.96 bits per heavy atom. The van der Waals surface area contributed by atoms with Crippen molar-refractivity contribution in [2.45, 2.75) is 23.8 Å². The van der Waals surface area contributed by atoms with Crippen molar-refractivity contribution in [1.82, 2.24) is 4.72 Å². The predicted octanol–water partition coefficient (Wildman–Crippen LogP) is 2.95. The number of non-ortho nitro benzene ring substituents is 1. The van der Waals surface area contributed by atoms with Crippen LogP contribution in [0.25, 0.3) is 0 Å². The third-order valence-electron chi connectivity index (χ3n) is 4.04. The molecule has 1 amide bonds. The zero-order chi connectivity index (χ0) is 20.5. The number of hydrogen-bond acceptors (Lipinski definition) is 6. The standard InChI is InChI=1S/C17H16ClN3O6S/c1-27-16-7-5-12(28(25,26)20-10-2-3-10)9-15(16)19-17(22)13-6-4-11(21(23)24)8-14(13)18/h4-10,20H,2-3H2,1H3,(H,19,22). The van der Waals surface area contributed by atoms with Crippen molar-refractivity contribution in [2.24, 2.45) is 0 Å². The Kier molecular flexibility index (Phi) is 5.54. The molecule has 28 heavy (non-hydrogen) atoms. The van der Waals surface area contributed by atoms with E-state index in [0.29, 0.717) is 0 Å². The van der Waals surface area contributed by atoms with E-state index >= 15 is 0 Å². The molecule has 0 unspecified atom stereocenters. The van der Waals surface area contributed by atoms with Crippen LogP contribution < -0.4 is 14.8 Å². The fraction of sp³-hybridized carbons (Fsp3) is 0.235. The molecular formula is C17H16ClN3O6S. The van der Waals surface area contributed by atoms with E-state index in [1.54, 1.807) is 0 Å². The smallest absolute Gasteiger partial charge is 0.270 e. The number of benzene rings is 2. The molecular weight excluding hydrogens is 410 g/mol. The molecule has 1 fully saturated rings. The monoisotopic (exact) mass is 425 g/mol. The Labute approximate surface area is 165 Å². The summed E-state index contributed by atoms with van der Waals surface area (Å²) in [5.74, 6) is -0.417. The number of halogens is 1. The highest BCUT2D eigenvalue weighted by atomic mass is 35.5. The van der Waals surface area contributed by atoms with Gasteiger partial charge in [0.1, 0.15) is 5.75 Å². The Morgan fingerprint density at radius 1 is 1.25 bits per heavy atom. The molecule has 1 aliphatic carbocycles. The summed E-state index contributed by atoms with van der Waals surface area (Å²) < 4.78 is 32.5. The molecule has 2 N–H and O–H groups in total. The van der Waals surface area contributed by atoms with Crippen LogP contribution in [0.15, 0.2) is 41.3 Å². The van der Waals surface area contributed by atoms with Crippen LogP contribution in [0.3, 0.4) is 0 Å². The Bertz CT molecular complexity index is 1050. The quantitative estimate of drug-likeness (QED) is 0.518. The lowest BCUT2D eigenvalue weighted by molar-refractivity contribution is -0.384. The number of carbonyl (C=O) groups excluding carboxylic acids is 1. The second kappa shape index (κ2) is 7.74. The fourth-order valence-electron chi connectivity index (χ4n) is 2.43. The van der Waals surface area contributed by atoms with Crippen molar-refractivity contribution < 1.29 is 22.9 Å². The number of amides is 1. The number of nitro benzene ring substituents is 1. The largest absolute Gasteiger partial charge is 0.495 e. The first kappa shape index (κ1) is 20.1. The second-order valence-corrected chi connectivity index (χ2v) is 8.25. The van der Waals surface area contributed by atoms with Crippen molar-refractivity contribution in [3.05, 3.63) is 57.1 Å². The second-order valence-electron chi connectivity index (χ2n) is 6.13. The van der Waals surface area contributed by atoms with Gasteiger partial charge in [0, 0.05) is 18.2 Å². The highest BCUT2D eigenvalue weighted by Gasteiger charge is 2.28. The van der Waals surface area contributed by atoms with Gasteiger partial charge < -0.3 is 10.1 Å². The summed E-state index contributed by atoms with van der Waals surface area (Å²) in [5.41, 5.74) is -0.127. The number of nitrogens with one attached hydrogen (secondary N) is 2. The normalized spacial score (nSPS) is 13.8. The third kappa shape index (κ3) is 4.41. The number of sulfonamides is 1. The van der Waals surface area contributed by atoms with Crippen molar-refractivity contribution >= 4 is 38.9 Å². The van der Waals surface area contributed by atoms with E-state index in [4.69, 9.17) is 16.3 Å². The van der Waals surface area contributed by atoms with E-state index in [1.165, 1.54) is 31.4 Å². The maximum Gasteiger partial charge on any atom is 0.270 e. The van der Waals surface area contributed by atoms with Crippen LogP contribution >= 0.6 is 11.6 Å². The molecule has 0 aliphatic heterocycles. The summed E-state index contributed by atoms with van der Waals surface area (Å²) in [6.07, 6.45) is 1.58. The number of ether oxygens (including phenoxy) is 1. The van der Waals surface area contributed by atoms with Gasteiger partial charge in [-0.15, -0.1) is 0 Å². The van der Waals surface area contributed by atoms with E-state index in [0.717, 1.165) is 25.0 Å². The molecule has 0 radical (unpaired) electrons. The number of methoxy groups -OCH3 is 1. The van der Waals surface area contributed by atoms with Crippen LogP contribution in [0.4, 0.5) is 11.4 Å². The van der Waals surface area contributed by atoms with Gasteiger partial charge in [-0.1, -0.05) is 11.6 Å². The average molecular weight is 426 g/mol. The van der Waals surface area contributed by atoms with Crippen LogP contribution in [-0.2, 0) is 10.0 Å². The molecule has 9 nitrogen and oxygen atoms in total. The van der Waals surface area contributed by atoms with Gasteiger partial charge in [-0.3, -0.25) is 14.9 Å². The lowest BCUT2D eigenvalue weighted by Crippen LogP contribution is -2.26. The molecule has 2 aromatic rings. The first-order chi connectivity index (χ1) is 13.2. The van der Waals surface area contributed by atoms with Gasteiger partial charge in [0.25, 0.3) is 11.6 Å². The van der Waals surface area contributed by atoms with Crippen molar-refractivity contribution in [3.63, 3.8) is 0 Å². The first-order valence-corrected chi connectivity index (χ1v) is 10.0. The number of carbonyl (C=O) groups is 1. The molecule has 1 saturated carbocycles.